The summed E-state index contributed by atoms with van der Waals surface area (Å²) in [6.07, 6.45) is 1.84. The molecular formula is C11H12N2O. The molecule has 0 saturated carbocycles. The van der Waals surface area contributed by atoms with Gasteiger partial charge >= 0.3 is 5.69 Å². The molecule has 0 bridgehead atoms. The van der Waals surface area contributed by atoms with Gasteiger partial charge in [-0.05, 0) is 19.1 Å². The largest absolute Gasteiger partial charge is 0.332 e. The zero-order valence-electron chi connectivity index (χ0n) is 8.27. The van der Waals surface area contributed by atoms with Crippen molar-refractivity contribution in [1.29, 1.82) is 0 Å². The first-order chi connectivity index (χ1) is 6.70. The molecule has 3 heteroatoms. The lowest BCUT2D eigenvalue weighted by Gasteiger charge is -1.98. The first-order valence-corrected chi connectivity index (χ1v) is 4.50. The van der Waals surface area contributed by atoms with E-state index in [1.165, 1.54) is 0 Å². The van der Waals surface area contributed by atoms with Crippen LogP contribution >= 0.6 is 0 Å². The van der Waals surface area contributed by atoms with Crippen LogP contribution in [0.3, 0.4) is 0 Å². The van der Waals surface area contributed by atoms with Crippen molar-refractivity contribution in [3.8, 4) is 5.69 Å². The first kappa shape index (κ1) is 8.81. The average molecular weight is 188 g/mol. The van der Waals surface area contributed by atoms with Gasteiger partial charge in [0.05, 0.1) is 5.69 Å². The van der Waals surface area contributed by atoms with Gasteiger partial charge < -0.3 is 0 Å². The van der Waals surface area contributed by atoms with Crippen LogP contribution in [0.5, 0.6) is 0 Å². The van der Waals surface area contributed by atoms with Gasteiger partial charge in [0.2, 0.25) is 0 Å². The smallest absolute Gasteiger partial charge is 0.299 e. The fourth-order valence-corrected chi connectivity index (χ4v) is 1.41. The second-order valence-corrected chi connectivity index (χ2v) is 3.32. The van der Waals surface area contributed by atoms with E-state index in [9.17, 15) is 4.79 Å². The van der Waals surface area contributed by atoms with Crippen LogP contribution in [-0.4, -0.2) is 9.13 Å². The van der Waals surface area contributed by atoms with Crippen LogP contribution in [0.4, 0.5) is 0 Å². The number of imidazole rings is 1. The monoisotopic (exact) mass is 188 g/mol. The van der Waals surface area contributed by atoms with Gasteiger partial charge in [-0.15, -0.1) is 0 Å². The van der Waals surface area contributed by atoms with Gasteiger partial charge in [0.1, 0.15) is 0 Å². The molecule has 1 aromatic heterocycles. The summed E-state index contributed by atoms with van der Waals surface area (Å²) in [5, 5.41) is 0. The molecule has 0 saturated heterocycles. The van der Waals surface area contributed by atoms with Gasteiger partial charge in [-0.25, -0.2) is 4.79 Å². The SMILES string of the molecule is Cc1cn(-c2ccccc2)c(=O)n1C. The van der Waals surface area contributed by atoms with Crippen LogP contribution < -0.4 is 5.69 Å². The average Bonchev–Trinajstić information content (AvgIpc) is 2.47. The molecule has 0 atom stereocenters. The third-order valence-electron chi connectivity index (χ3n) is 2.37. The number of benzene rings is 1. The Morgan fingerprint density at radius 3 is 2.29 bits per heavy atom. The van der Waals surface area contributed by atoms with Crippen molar-refractivity contribution < 1.29 is 0 Å². The van der Waals surface area contributed by atoms with Gasteiger partial charge in [-0.3, -0.25) is 9.13 Å². The molecule has 3 nitrogen and oxygen atoms in total. The summed E-state index contributed by atoms with van der Waals surface area (Å²) in [6.45, 7) is 1.92. The van der Waals surface area contributed by atoms with Crippen LogP contribution in [0.15, 0.2) is 41.3 Å². The third-order valence-corrected chi connectivity index (χ3v) is 2.37. The number of nitrogens with zero attached hydrogens (tertiary/aromatic N) is 2. The topological polar surface area (TPSA) is 26.9 Å². The van der Waals surface area contributed by atoms with Crippen LogP contribution in [0.2, 0.25) is 0 Å². The summed E-state index contributed by atoms with van der Waals surface area (Å²) < 4.78 is 3.28. The number of hydrogen-bond acceptors (Lipinski definition) is 1. The van der Waals surface area contributed by atoms with Gasteiger partial charge in [-0.1, -0.05) is 18.2 Å². The van der Waals surface area contributed by atoms with Crippen LogP contribution in [0.1, 0.15) is 5.69 Å². The molecule has 0 radical (unpaired) electrons. The minimum absolute atomic E-state index is 0.00583. The number of aryl methyl sites for hydroxylation is 1. The van der Waals surface area contributed by atoms with E-state index < -0.39 is 0 Å². The molecule has 1 aromatic carbocycles. The van der Waals surface area contributed by atoms with E-state index in [-0.39, 0.29) is 5.69 Å². The highest BCUT2D eigenvalue weighted by molar-refractivity contribution is 5.31. The highest BCUT2D eigenvalue weighted by Gasteiger charge is 2.04. The van der Waals surface area contributed by atoms with E-state index in [1.54, 1.807) is 16.2 Å². The Balaban J connectivity index is 2.64. The summed E-state index contributed by atoms with van der Waals surface area (Å²) in [6, 6.07) is 9.61. The molecule has 14 heavy (non-hydrogen) atoms. The minimum Gasteiger partial charge on any atom is -0.299 e. The Kier molecular flexibility index (Phi) is 2.00. The molecule has 0 spiro atoms. The lowest BCUT2D eigenvalue weighted by Crippen LogP contribution is -2.20. The van der Waals surface area contributed by atoms with Crippen molar-refractivity contribution in [2.75, 3.05) is 0 Å². The standard InChI is InChI=1S/C11H12N2O/c1-9-8-13(11(14)12(9)2)10-6-4-3-5-7-10/h3-8H,1-2H3. The van der Waals surface area contributed by atoms with E-state index in [4.69, 9.17) is 0 Å². The molecule has 0 aliphatic rings. The molecule has 0 fully saturated rings. The maximum atomic E-state index is 11.7. The summed E-state index contributed by atoms with van der Waals surface area (Å²) in [7, 11) is 1.77. The molecule has 2 rings (SSSR count). The molecular weight excluding hydrogens is 176 g/mol. The van der Waals surface area contributed by atoms with Gasteiger partial charge in [0.15, 0.2) is 0 Å². The maximum Gasteiger partial charge on any atom is 0.332 e. The van der Waals surface area contributed by atoms with Crippen molar-refractivity contribution in [3.63, 3.8) is 0 Å². The predicted octanol–water partition coefficient (Wildman–Crippen LogP) is 1.48. The summed E-state index contributed by atoms with van der Waals surface area (Å²) in [5.74, 6) is 0. The number of para-hydroxylation sites is 1. The number of aromatic nitrogens is 2. The Morgan fingerprint density at radius 1 is 1.14 bits per heavy atom. The normalized spacial score (nSPS) is 10.4. The highest BCUT2D eigenvalue weighted by Crippen LogP contribution is 2.05. The second kappa shape index (κ2) is 3.18. The van der Waals surface area contributed by atoms with Crippen molar-refractivity contribution in [2.24, 2.45) is 7.05 Å². The zero-order chi connectivity index (χ0) is 10.1. The Labute approximate surface area is 82.2 Å². The summed E-state index contributed by atoms with van der Waals surface area (Å²) in [5.41, 5.74) is 1.86. The Bertz CT molecular complexity index is 494. The molecule has 1 heterocycles. The van der Waals surface area contributed by atoms with Crippen molar-refractivity contribution in [1.82, 2.24) is 9.13 Å². The van der Waals surface area contributed by atoms with Crippen molar-refractivity contribution >= 4 is 0 Å². The molecule has 2 aromatic rings. The Hall–Kier alpha value is -1.77. The first-order valence-electron chi connectivity index (χ1n) is 4.50. The number of rotatable bonds is 1. The van der Waals surface area contributed by atoms with Crippen molar-refractivity contribution in [3.05, 3.63) is 52.7 Å². The summed E-state index contributed by atoms with van der Waals surface area (Å²) in [4.78, 5) is 11.7. The maximum absolute atomic E-state index is 11.7. The third kappa shape index (κ3) is 1.27. The lowest BCUT2D eigenvalue weighted by atomic mass is 10.3. The van der Waals surface area contributed by atoms with E-state index in [1.807, 2.05) is 43.5 Å². The molecule has 0 unspecified atom stereocenters. The molecule has 0 N–H and O–H groups in total. The molecule has 0 amide bonds. The molecule has 0 aliphatic heterocycles. The van der Waals surface area contributed by atoms with Crippen molar-refractivity contribution in [2.45, 2.75) is 6.92 Å². The second-order valence-electron chi connectivity index (χ2n) is 3.32. The van der Waals surface area contributed by atoms with Crippen LogP contribution in [0, 0.1) is 6.92 Å². The quantitative estimate of drug-likeness (QED) is 0.666. The molecule has 0 aliphatic carbocycles. The van der Waals surface area contributed by atoms with Crippen LogP contribution in [-0.2, 0) is 7.05 Å². The van der Waals surface area contributed by atoms with Gasteiger partial charge in [0, 0.05) is 18.9 Å². The lowest BCUT2D eigenvalue weighted by molar-refractivity contribution is 0.803. The van der Waals surface area contributed by atoms with Gasteiger partial charge in [-0.2, -0.15) is 0 Å². The fraction of sp³-hybridized carbons (Fsp3) is 0.182. The zero-order valence-corrected chi connectivity index (χ0v) is 8.27. The van der Waals surface area contributed by atoms with E-state index >= 15 is 0 Å². The van der Waals surface area contributed by atoms with Gasteiger partial charge in [0.25, 0.3) is 0 Å². The van der Waals surface area contributed by atoms with E-state index in [0.29, 0.717) is 0 Å². The Morgan fingerprint density at radius 2 is 1.79 bits per heavy atom. The number of hydrogen-bond donors (Lipinski definition) is 0. The van der Waals surface area contributed by atoms with E-state index in [2.05, 4.69) is 0 Å². The fourth-order valence-electron chi connectivity index (χ4n) is 1.41. The van der Waals surface area contributed by atoms with Crippen LogP contribution in [0.25, 0.3) is 5.69 Å². The minimum atomic E-state index is -0.00583. The van der Waals surface area contributed by atoms with E-state index in [0.717, 1.165) is 11.4 Å². The summed E-state index contributed by atoms with van der Waals surface area (Å²) >= 11 is 0. The predicted molar refractivity (Wildman–Crippen MR) is 55.7 cm³/mol. The molecule has 72 valence electrons. The highest BCUT2D eigenvalue weighted by atomic mass is 16.1.